The molecule has 2 aromatic heterocycles. The number of nitrogens with zero attached hydrogens (tertiary/aromatic N) is 4. The van der Waals surface area contributed by atoms with Gasteiger partial charge in [-0.15, -0.1) is 11.3 Å². The molecule has 1 N–H and O–H groups in total. The van der Waals surface area contributed by atoms with E-state index in [1.54, 1.807) is 11.3 Å². The first kappa shape index (κ1) is 26.1. The minimum atomic E-state index is -0.510. The van der Waals surface area contributed by atoms with Crippen molar-refractivity contribution in [3.8, 4) is 0 Å². The third-order valence-corrected chi connectivity index (χ3v) is 7.91. The van der Waals surface area contributed by atoms with E-state index in [0.717, 1.165) is 39.0 Å². The number of amides is 1. The highest BCUT2D eigenvalue weighted by Gasteiger charge is 2.26. The van der Waals surface area contributed by atoms with Gasteiger partial charge in [-0.2, -0.15) is 0 Å². The Balaban J connectivity index is 1.28. The van der Waals surface area contributed by atoms with E-state index in [1.807, 2.05) is 74.2 Å². The molecule has 38 heavy (non-hydrogen) atoms. The molecule has 1 aliphatic heterocycles. The van der Waals surface area contributed by atoms with E-state index in [4.69, 9.17) is 14.7 Å². The number of para-hydroxylation sites is 1. The van der Waals surface area contributed by atoms with E-state index in [0.29, 0.717) is 37.9 Å². The van der Waals surface area contributed by atoms with Gasteiger partial charge in [0.1, 0.15) is 17.7 Å². The van der Waals surface area contributed by atoms with Gasteiger partial charge in [0.25, 0.3) is 5.91 Å². The summed E-state index contributed by atoms with van der Waals surface area (Å²) in [5, 5.41) is 5.32. The van der Waals surface area contributed by atoms with E-state index >= 15 is 0 Å². The van der Waals surface area contributed by atoms with Gasteiger partial charge in [0.05, 0.1) is 23.5 Å². The average molecular weight is 532 g/mol. The van der Waals surface area contributed by atoms with Crippen LogP contribution in [0.1, 0.15) is 36.3 Å². The van der Waals surface area contributed by atoms with Crippen LogP contribution in [0.4, 0.5) is 5.82 Å². The maximum absolute atomic E-state index is 13.1. The van der Waals surface area contributed by atoms with Crippen molar-refractivity contribution in [1.82, 2.24) is 19.8 Å². The largest absolute Gasteiger partial charge is 0.464 e. The van der Waals surface area contributed by atoms with Crippen LogP contribution in [0.25, 0.3) is 21.0 Å². The zero-order valence-corrected chi connectivity index (χ0v) is 22.8. The van der Waals surface area contributed by atoms with Gasteiger partial charge in [-0.3, -0.25) is 9.69 Å². The number of esters is 1. The number of carbonyl (C=O) groups excluding carboxylic acids is 2. The quantitative estimate of drug-likeness (QED) is 0.327. The predicted octanol–water partition coefficient (Wildman–Crippen LogP) is 4.80. The van der Waals surface area contributed by atoms with Crippen molar-refractivity contribution < 1.29 is 14.3 Å². The maximum Gasteiger partial charge on any atom is 0.328 e. The molecule has 198 valence electrons. The molecule has 1 atom stereocenters. The lowest BCUT2D eigenvalue weighted by molar-refractivity contribution is -0.145. The Kier molecular flexibility index (Phi) is 7.85. The van der Waals surface area contributed by atoms with E-state index in [-0.39, 0.29) is 17.8 Å². The van der Waals surface area contributed by atoms with Crippen molar-refractivity contribution >= 4 is 50.0 Å². The maximum atomic E-state index is 13.1. The van der Waals surface area contributed by atoms with E-state index in [9.17, 15) is 9.59 Å². The van der Waals surface area contributed by atoms with Crippen molar-refractivity contribution in [2.75, 3.05) is 38.1 Å². The Hall–Kier alpha value is -3.56. The van der Waals surface area contributed by atoms with Crippen molar-refractivity contribution in [3.63, 3.8) is 0 Å². The second-order valence-electron chi connectivity index (χ2n) is 9.84. The van der Waals surface area contributed by atoms with Gasteiger partial charge in [-0.05, 0) is 42.5 Å². The summed E-state index contributed by atoms with van der Waals surface area (Å²) in [5.74, 6) is 1.15. The number of benzene rings is 2. The Labute approximate surface area is 226 Å². The summed E-state index contributed by atoms with van der Waals surface area (Å²) in [6, 6.07) is 17.4. The molecule has 1 fully saturated rings. The van der Waals surface area contributed by atoms with Crippen LogP contribution < -0.4 is 5.32 Å². The van der Waals surface area contributed by atoms with Crippen LogP contribution in [0.2, 0.25) is 0 Å². The summed E-state index contributed by atoms with van der Waals surface area (Å²) in [6.07, 6.45) is 0. The number of fused-ring (bicyclic) bond motifs is 2. The second kappa shape index (κ2) is 11.4. The van der Waals surface area contributed by atoms with Crippen LogP contribution in [0.15, 0.2) is 54.6 Å². The highest BCUT2D eigenvalue weighted by Crippen LogP contribution is 2.27. The van der Waals surface area contributed by atoms with Crippen molar-refractivity contribution in [2.45, 2.75) is 33.4 Å². The fourth-order valence-electron chi connectivity index (χ4n) is 4.73. The van der Waals surface area contributed by atoms with Gasteiger partial charge in [-0.1, -0.05) is 44.2 Å². The number of anilines is 1. The first-order valence-electron chi connectivity index (χ1n) is 13.1. The van der Waals surface area contributed by atoms with Gasteiger partial charge >= 0.3 is 5.97 Å². The summed E-state index contributed by atoms with van der Waals surface area (Å²) >= 11 is 1.55. The van der Waals surface area contributed by atoms with Crippen LogP contribution in [0.3, 0.4) is 0 Å². The Bertz CT molecular complexity index is 1410. The molecule has 0 aliphatic carbocycles. The summed E-state index contributed by atoms with van der Waals surface area (Å²) in [7, 11) is 0. The number of thiophene rings is 1. The zero-order chi connectivity index (χ0) is 26.6. The molecule has 1 amide bonds. The molecule has 9 heteroatoms. The number of ether oxygens (including phenoxy) is 1. The fraction of sp³-hybridized carbons (Fsp3) is 0.379. The monoisotopic (exact) mass is 531 g/mol. The van der Waals surface area contributed by atoms with E-state index < -0.39 is 6.04 Å². The standard InChI is InChI=1S/C29H33N5O3S/c1-4-37-29(36)26(19(2)3)32-27-21-10-6-7-11-22(21)30-25(31-27)18-33-13-15-34(16-14-33)28(35)24-17-20-9-5-8-12-23(20)38-24/h5-12,17,19,26H,4,13-16,18H2,1-3H3,(H,30,31,32)/t26-/m0/s1. The number of aromatic nitrogens is 2. The van der Waals surface area contributed by atoms with Crippen molar-refractivity contribution in [3.05, 3.63) is 65.3 Å². The first-order chi connectivity index (χ1) is 18.4. The van der Waals surface area contributed by atoms with E-state index in [1.165, 1.54) is 0 Å². The molecule has 0 spiro atoms. The topological polar surface area (TPSA) is 87.7 Å². The third-order valence-electron chi connectivity index (χ3n) is 6.81. The Morgan fingerprint density at radius 1 is 1.03 bits per heavy atom. The van der Waals surface area contributed by atoms with Crippen LogP contribution in [0.5, 0.6) is 0 Å². The van der Waals surface area contributed by atoms with Gasteiger partial charge < -0.3 is 15.0 Å². The Morgan fingerprint density at radius 2 is 1.76 bits per heavy atom. The number of carbonyl (C=O) groups is 2. The van der Waals surface area contributed by atoms with Crippen LogP contribution in [-0.2, 0) is 16.1 Å². The average Bonchev–Trinajstić information content (AvgIpc) is 3.36. The van der Waals surface area contributed by atoms with Crippen molar-refractivity contribution in [1.29, 1.82) is 0 Å². The molecule has 2 aromatic carbocycles. The number of hydrogen-bond acceptors (Lipinski definition) is 8. The minimum Gasteiger partial charge on any atom is -0.464 e. The molecule has 4 aromatic rings. The van der Waals surface area contributed by atoms with Gasteiger partial charge in [-0.25, -0.2) is 14.8 Å². The molecule has 0 radical (unpaired) electrons. The summed E-state index contributed by atoms with van der Waals surface area (Å²) in [5.41, 5.74) is 0.824. The molecule has 0 saturated carbocycles. The summed E-state index contributed by atoms with van der Waals surface area (Å²) in [6.45, 7) is 9.47. The highest BCUT2D eigenvalue weighted by molar-refractivity contribution is 7.20. The third kappa shape index (κ3) is 5.63. The Morgan fingerprint density at radius 3 is 2.50 bits per heavy atom. The second-order valence-corrected chi connectivity index (χ2v) is 10.9. The highest BCUT2D eigenvalue weighted by atomic mass is 32.1. The lowest BCUT2D eigenvalue weighted by Crippen LogP contribution is -2.48. The molecule has 1 saturated heterocycles. The minimum absolute atomic E-state index is 0.0257. The smallest absolute Gasteiger partial charge is 0.328 e. The molecule has 0 unspecified atom stereocenters. The number of nitrogens with one attached hydrogen (secondary N) is 1. The molecular formula is C29H33N5O3S. The van der Waals surface area contributed by atoms with Crippen molar-refractivity contribution in [2.24, 2.45) is 5.92 Å². The lowest BCUT2D eigenvalue weighted by atomic mass is 10.0. The molecule has 5 rings (SSSR count). The lowest BCUT2D eigenvalue weighted by Gasteiger charge is -2.34. The molecule has 8 nitrogen and oxygen atoms in total. The summed E-state index contributed by atoms with van der Waals surface area (Å²) in [4.78, 5) is 40.4. The van der Waals surface area contributed by atoms with E-state index in [2.05, 4.69) is 16.3 Å². The summed E-state index contributed by atoms with van der Waals surface area (Å²) < 4.78 is 6.43. The van der Waals surface area contributed by atoms with Crippen LogP contribution in [0, 0.1) is 5.92 Å². The van der Waals surface area contributed by atoms with Crippen LogP contribution in [-0.4, -0.2) is 70.5 Å². The first-order valence-corrected chi connectivity index (χ1v) is 13.9. The molecular weight excluding hydrogens is 498 g/mol. The SMILES string of the molecule is CCOC(=O)[C@@H](Nc1nc(CN2CCN(C(=O)c3cc4ccccc4s3)CC2)nc2ccccc12)C(C)C. The molecule has 3 heterocycles. The normalized spacial score (nSPS) is 15.2. The van der Waals surface area contributed by atoms with Gasteiger partial charge in [0.2, 0.25) is 0 Å². The number of piperazine rings is 1. The van der Waals surface area contributed by atoms with Gasteiger partial charge in [0, 0.05) is 36.3 Å². The number of rotatable bonds is 8. The molecule has 0 bridgehead atoms. The number of hydrogen-bond donors (Lipinski definition) is 1. The molecule has 1 aliphatic rings. The zero-order valence-electron chi connectivity index (χ0n) is 22.0. The fourth-order valence-corrected chi connectivity index (χ4v) is 5.77. The predicted molar refractivity (Wildman–Crippen MR) is 151 cm³/mol. The van der Waals surface area contributed by atoms with Gasteiger partial charge in [0.15, 0.2) is 0 Å². The van der Waals surface area contributed by atoms with Crippen LogP contribution >= 0.6 is 11.3 Å².